The first kappa shape index (κ1) is 43.9. The van der Waals surface area contributed by atoms with Crippen molar-refractivity contribution in [1.82, 2.24) is 17.6 Å². The molecule has 0 amide bonds. The lowest BCUT2D eigenvalue weighted by molar-refractivity contribution is 1.38. The molecule has 8 heterocycles. The largest absolute Gasteiger partial charge is 0.307 e. The highest BCUT2D eigenvalue weighted by Crippen LogP contribution is 2.56. The molecule has 4 nitrogen and oxygen atoms in total. The predicted octanol–water partition coefficient (Wildman–Crippen LogP) is 22.9. The molecule has 0 aliphatic heterocycles. The van der Waals surface area contributed by atoms with Gasteiger partial charge in [0.15, 0.2) is 0 Å². The van der Waals surface area contributed by atoms with Crippen molar-refractivity contribution in [3.05, 3.63) is 255 Å². The Morgan fingerprint density at radius 2 is 0.443 bits per heavy atom. The molecule has 0 saturated heterocycles. The molecule has 0 aliphatic carbocycles. The van der Waals surface area contributed by atoms with Crippen LogP contribution >= 0.6 is 0 Å². The van der Waals surface area contributed by atoms with Crippen LogP contribution in [-0.4, -0.2) is 17.6 Å². The van der Waals surface area contributed by atoms with Crippen LogP contribution in [0, 0.1) is 0 Å². The van der Waals surface area contributed by atoms with Gasteiger partial charge in [-0.15, -0.1) is 0 Å². The van der Waals surface area contributed by atoms with Crippen molar-refractivity contribution < 1.29 is 0 Å². The number of hydrogen-bond acceptors (Lipinski definition) is 0. The summed E-state index contributed by atoms with van der Waals surface area (Å²) >= 11 is 0. The second-order valence-corrected chi connectivity index (χ2v) is 25.2. The first-order valence-corrected chi connectivity index (χ1v) is 30.9. The Kier molecular flexibility index (Phi) is 7.31. The lowest BCUT2D eigenvalue weighted by atomic mass is 9.89. The third-order valence-electron chi connectivity index (χ3n) is 21.5. The average Bonchev–Trinajstić information content (AvgIpc) is 1.49. The van der Waals surface area contributed by atoms with Crippen LogP contribution in [0.1, 0.15) is 0 Å². The molecule has 0 saturated carbocycles. The van der Waals surface area contributed by atoms with Gasteiger partial charge in [-0.3, -0.25) is 0 Å². The third kappa shape index (κ3) is 4.64. The Labute approximate surface area is 497 Å². The fourth-order valence-electron chi connectivity index (χ4n) is 18.5. The van der Waals surface area contributed by atoms with Gasteiger partial charge in [0.2, 0.25) is 0 Å². The highest BCUT2D eigenvalue weighted by molar-refractivity contribution is 6.49. The quantitative estimate of drug-likeness (QED) is 0.146. The van der Waals surface area contributed by atoms with Crippen molar-refractivity contribution in [2.75, 3.05) is 0 Å². The molecule has 0 spiro atoms. The molecule has 4 heteroatoms. The number of fused-ring (bicyclic) bond motifs is 42. The molecule has 0 aliphatic rings. The van der Waals surface area contributed by atoms with Crippen LogP contribution in [0.5, 0.6) is 0 Å². The highest BCUT2D eigenvalue weighted by Gasteiger charge is 2.31. The summed E-state index contributed by atoms with van der Waals surface area (Å²) in [6.45, 7) is 0. The van der Waals surface area contributed by atoms with Gasteiger partial charge < -0.3 is 17.6 Å². The number of rotatable bonds is 1. The zero-order valence-corrected chi connectivity index (χ0v) is 47.0. The second-order valence-electron chi connectivity index (χ2n) is 25.2. The summed E-state index contributed by atoms with van der Waals surface area (Å²) < 4.78 is 10.5. The zero-order chi connectivity index (χ0) is 56.3. The average molecular weight is 1110 g/mol. The SMILES string of the molecule is c1ccc2c(c1)c1c(c3ccccc3c3c1c1cccc4c5ccccc5n3c41)c1c3cccc4c5cc(-c6ccc7c8c9ccccc9c9c(c%10ccccc%10c%10c%11cccc%12c%13ccccc%13n(c%12%11)c%109)c8n8c9ccccc9c6c78)ccc5n(c43)c21. The fraction of sp³-hybridized carbons (Fsp3) is 0. The van der Waals surface area contributed by atoms with Gasteiger partial charge in [-0.2, -0.15) is 0 Å². The topological polar surface area (TPSA) is 17.6 Å². The molecular weight excluding hydrogens is 1060 g/mol. The standard InChI is InChI=1S/C84H42N4/c1-3-22-49-47(20-1)69-59-32-15-29-53-46-19-10-13-36-65(46)87(77(53)59)83(69)73-50-23-4-2-21-48(50)70-62-40-39-44(68-58-28-11-14-37-66(58)88(82(62)68)84(70)74(49)73)43-38-41-67-63(42-43)57-31-17-34-61-76-72-51-24-5-7-26-55(51)80-75(71(72)52-25-6-8-27-56(52)81(76)86(67)79(57)61)60-33-16-30-54-45-18-9-12-35-64(45)85(80)78(54)60/h1-42H. The van der Waals surface area contributed by atoms with E-state index in [1.807, 2.05) is 0 Å². The van der Waals surface area contributed by atoms with E-state index in [0.717, 1.165) is 0 Å². The van der Waals surface area contributed by atoms with Crippen molar-refractivity contribution >= 4 is 217 Å². The maximum Gasteiger partial charge on any atom is 0.0633 e. The molecule has 24 rings (SSSR count). The molecule has 0 unspecified atom stereocenters. The number of hydrogen-bond donors (Lipinski definition) is 0. The molecule has 0 fully saturated rings. The minimum Gasteiger partial charge on any atom is -0.307 e. The summed E-state index contributed by atoms with van der Waals surface area (Å²) in [7, 11) is 0. The first-order chi connectivity index (χ1) is 43.8. The van der Waals surface area contributed by atoms with E-state index in [2.05, 4.69) is 272 Å². The summed E-state index contributed by atoms with van der Waals surface area (Å²) in [6, 6.07) is 97.4. The summed E-state index contributed by atoms with van der Waals surface area (Å²) in [6.07, 6.45) is 0. The van der Waals surface area contributed by atoms with Crippen molar-refractivity contribution in [3.8, 4) is 11.1 Å². The van der Waals surface area contributed by atoms with Gasteiger partial charge in [0, 0.05) is 118 Å². The van der Waals surface area contributed by atoms with Crippen molar-refractivity contribution in [2.45, 2.75) is 0 Å². The van der Waals surface area contributed by atoms with Crippen LogP contribution in [-0.2, 0) is 0 Å². The molecule has 0 N–H and O–H groups in total. The van der Waals surface area contributed by atoms with E-state index >= 15 is 0 Å². The highest BCUT2D eigenvalue weighted by atomic mass is 14.9. The number of aromatic nitrogens is 4. The van der Waals surface area contributed by atoms with E-state index < -0.39 is 0 Å². The molecule has 398 valence electrons. The number of nitrogens with zero attached hydrogens (tertiary/aromatic N) is 4. The van der Waals surface area contributed by atoms with Crippen LogP contribution < -0.4 is 0 Å². The lowest BCUT2D eigenvalue weighted by Crippen LogP contribution is -1.91. The van der Waals surface area contributed by atoms with Crippen LogP contribution in [0.25, 0.3) is 228 Å². The summed E-state index contributed by atoms with van der Waals surface area (Å²) in [5, 5.41) is 36.4. The predicted molar refractivity (Wildman–Crippen MR) is 376 cm³/mol. The zero-order valence-electron chi connectivity index (χ0n) is 47.0. The Bertz CT molecular complexity index is 7400. The van der Waals surface area contributed by atoms with E-state index in [1.54, 1.807) is 0 Å². The fourth-order valence-corrected chi connectivity index (χ4v) is 18.5. The Morgan fingerprint density at radius 3 is 0.943 bits per heavy atom. The van der Waals surface area contributed by atoms with Gasteiger partial charge >= 0.3 is 0 Å². The normalized spacial score (nSPS) is 13.2. The van der Waals surface area contributed by atoms with Crippen LogP contribution in [0.3, 0.4) is 0 Å². The maximum atomic E-state index is 2.67. The smallest absolute Gasteiger partial charge is 0.0633 e. The van der Waals surface area contributed by atoms with Crippen LogP contribution in [0.2, 0.25) is 0 Å². The molecule has 0 atom stereocenters. The first-order valence-electron chi connectivity index (χ1n) is 30.9. The van der Waals surface area contributed by atoms with E-state index in [-0.39, 0.29) is 0 Å². The summed E-state index contributed by atoms with van der Waals surface area (Å²) in [5.74, 6) is 0. The Morgan fingerprint density at radius 1 is 0.148 bits per heavy atom. The molecule has 16 aromatic carbocycles. The van der Waals surface area contributed by atoms with Gasteiger partial charge in [-0.1, -0.05) is 224 Å². The van der Waals surface area contributed by atoms with E-state index in [1.165, 1.54) is 228 Å². The van der Waals surface area contributed by atoms with Crippen LogP contribution in [0.15, 0.2) is 255 Å². The maximum absolute atomic E-state index is 2.67. The van der Waals surface area contributed by atoms with Gasteiger partial charge in [0.05, 0.1) is 66.2 Å². The molecular formula is C84H42N4. The summed E-state index contributed by atoms with van der Waals surface area (Å²) in [4.78, 5) is 0. The third-order valence-corrected chi connectivity index (χ3v) is 21.5. The van der Waals surface area contributed by atoms with Crippen LogP contribution in [0.4, 0.5) is 0 Å². The van der Waals surface area contributed by atoms with Gasteiger partial charge in [-0.05, 0) is 73.8 Å². The van der Waals surface area contributed by atoms with Gasteiger partial charge in [0.1, 0.15) is 0 Å². The summed E-state index contributed by atoms with van der Waals surface area (Å²) in [5.41, 5.74) is 17.7. The lowest BCUT2D eigenvalue weighted by Gasteiger charge is -2.15. The van der Waals surface area contributed by atoms with E-state index in [0.29, 0.717) is 0 Å². The minimum atomic E-state index is 1.22. The second kappa shape index (κ2) is 14.7. The van der Waals surface area contributed by atoms with Gasteiger partial charge in [-0.25, -0.2) is 0 Å². The van der Waals surface area contributed by atoms with E-state index in [9.17, 15) is 0 Å². The van der Waals surface area contributed by atoms with Crippen molar-refractivity contribution in [2.24, 2.45) is 0 Å². The Balaban J connectivity index is 0.825. The molecule has 0 radical (unpaired) electrons. The van der Waals surface area contributed by atoms with Gasteiger partial charge in [0.25, 0.3) is 0 Å². The van der Waals surface area contributed by atoms with E-state index in [4.69, 9.17) is 0 Å². The monoisotopic (exact) mass is 1110 g/mol. The van der Waals surface area contributed by atoms with Crippen molar-refractivity contribution in [1.29, 1.82) is 0 Å². The molecule has 0 bridgehead atoms. The van der Waals surface area contributed by atoms with Crippen molar-refractivity contribution in [3.63, 3.8) is 0 Å². The molecule has 24 aromatic rings. The number of benzene rings is 16. The molecule has 8 aromatic heterocycles. The number of para-hydroxylation sites is 6. The Hall–Kier alpha value is -11.7. The minimum absolute atomic E-state index is 1.22. The molecule has 88 heavy (non-hydrogen) atoms.